The summed E-state index contributed by atoms with van der Waals surface area (Å²) in [5.74, 6) is -0.265. The van der Waals surface area contributed by atoms with Crippen LogP contribution in [-0.2, 0) is 12.8 Å². The van der Waals surface area contributed by atoms with E-state index in [4.69, 9.17) is 11.6 Å². The van der Waals surface area contributed by atoms with E-state index in [-0.39, 0.29) is 6.67 Å². The number of aromatic carboxylic acids is 1. The number of carboxylic acid groups (broad SMARTS) is 1. The zero-order valence-electron chi connectivity index (χ0n) is 21.9. The van der Waals surface area contributed by atoms with Crippen molar-refractivity contribution in [2.45, 2.75) is 58.3 Å². The maximum atomic E-state index is 12.5. The molecule has 0 aliphatic heterocycles. The van der Waals surface area contributed by atoms with Crippen molar-refractivity contribution in [3.63, 3.8) is 0 Å². The van der Waals surface area contributed by atoms with Crippen molar-refractivity contribution < 1.29 is 14.3 Å². The van der Waals surface area contributed by atoms with Gasteiger partial charge >= 0.3 is 5.97 Å². The highest BCUT2D eigenvalue weighted by atomic mass is 35.5. The molecule has 2 aliphatic carbocycles. The molecule has 3 aromatic rings. The van der Waals surface area contributed by atoms with Crippen LogP contribution in [-0.4, -0.2) is 17.8 Å². The molecule has 0 radical (unpaired) electrons. The van der Waals surface area contributed by atoms with Gasteiger partial charge in [-0.1, -0.05) is 72.6 Å². The van der Waals surface area contributed by atoms with Crippen molar-refractivity contribution in [2.75, 3.05) is 6.67 Å². The van der Waals surface area contributed by atoms with Crippen molar-refractivity contribution in [3.05, 3.63) is 110 Å². The topological polar surface area (TPSA) is 37.3 Å². The SMILES string of the molecule is CCc1c(Cl)cccc1C1=C(c2ccc(C=C3CC(CCCF)C3)cc2)c2ccc(C(=O)O)cc2CCC1. The Morgan fingerprint density at radius 2 is 1.84 bits per heavy atom. The molecule has 5 rings (SSSR count). The highest BCUT2D eigenvalue weighted by molar-refractivity contribution is 6.31. The third-order valence-electron chi connectivity index (χ3n) is 8.01. The molecule has 0 saturated heterocycles. The molecule has 0 unspecified atom stereocenters. The van der Waals surface area contributed by atoms with Gasteiger partial charge in [-0.2, -0.15) is 0 Å². The van der Waals surface area contributed by atoms with E-state index in [1.807, 2.05) is 24.3 Å². The molecule has 4 heteroatoms. The Hall–Kier alpha value is -3.17. The monoisotopic (exact) mass is 528 g/mol. The number of benzene rings is 3. The van der Waals surface area contributed by atoms with Gasteiger partial charge in [0.2, 0.25) is 0 Å². The largest absolute Gasteiger partial charge is 0.478 e. The van der Waals surface area contributed by atoms with Gasteiger partial charge in [-0.25, -0.2) is 4.79 Å². The number of rotatable bonds is 8. The molecule has 0 bridgehead atoms. The second-order valence-corrected chi connectivity index (χ2v) is 10.9. The van der Waals surface area contributed by atoms with Crippen LogP contribution in [0.5, 0.6) is 0 Å². The summed E-state index contributed by atoms with van der Waals surface area (Å²) in [6.07, 6.45) is 9.59. The van der Waals surface area contributed by atoms with Gasteiger partial charge in [0.05, 0.1) is 12.2 Å². The summed E-state index contributed by atoms with van der Waals surface area (Å²) in [4.78, 5) is 11.7. The van der Waals surface area contributed by atoms with Crippen LogP contribution < -0.4 is 0 Å². The van der Waals surface area contributed by atoms with E-state index in [9.17, 15) is 14.3 Å². The van der Waals surface area contributed by atoms with Crippen molar-refractivity contribution in [1.29, 1.82) is 0 Å². The molecule has 0 heterocycles. The van der Waals surface area contributed by atoms with Crippen LogP contribution in [0.1, 0.15) is 89.2 Å². The smallest absolute Gasteiger partial charge is 0.335 e. The molecule has 0 spiro atoms. The minimum absolute atomic E-state index is 0.218. The molecule has 0 atom stereocenters. The molecule has 2 aliphatic rings. The number of carbonyl (C=O) groups is 1. The van der Waals surface area contributed by atoms with Gasteiger partial charge in [0.25, 0.3) is 0 Å². The molecule has 1 N–H and O–H groups in total. The van der Waals surface area contributed by atoms with Crippen molar-refractivity contribution in [3.8, 4) is 0 Å². The first-order chi connectivity index (χ1) is 18.5. The molecule has 1 fully saturated rings. The molecular formula is C34H34ClFO2. The summed E-state index contributed by atoms with van der Waals surface area (Å²) in [5, 5.41) is 10.4. The number of aryl methyl sites for hydroxylation is 1. The Bertz CT molecular complexity index is 1390. The lowest BCUT2D eigenvalue weighted by Gasteiger charge is -2.29. The van der Waals surface area contributed by atoms with E-state index in [0.29, 0.717) is 17.9 Å². The van der Waals surface area contributed by atoms with Crippen LogP contribution in [0.15, 0.2) is 66.2 Å². The molecule has 3 aromatic carbocycles. The van der Waals surface area contributed by atoms with Crippen LogP contribution in [0, 0.1) is 5.92 Å². The number of fused-ring (bicyclic) bond motifs is 1. The Morgan fingerprint density at radius 3 is 2.55 bits per heavy atom. The first-order valence-corrected chi connectivity index (χ1v) is 14.1. The van der Waals surface area contributed by atoms with Crippen LogP contribution >= 0.6 is 11.6 Å². The summed E-state index contributed by atoms with van der Waals surface area (Å²) >= 11 is 6.65. The first kappa shape index (κ1) is 26.4. The normalized spacial score (nSPS) is 17.0. The predicted molar refractivity (Wildman–Crippen MR) is 155 cm³/mol. The summed E-state index contributed by atoms with van der Waals surface area (Å²) in [6, 6.07) is 20.4. The number of hydrogen-bond acceptors (Lipinski definition) is 1. The maximum absolute atomic E-state index is 12.5. The van der Waals surface area contributed by atoms with Crippen LogP contribution in [0.3, 0.4) is 0 Å². The minimum Gasteiger partial charge on any atom is -0.478 e. The lowest BCUT2D eigenvalue weighted by molar-refractivity contribution is 0.0696. The van der Waals surface area contributed by atoms with Crippen molar-refractivity contribution in [2.24, 2.45) is 5.92 Å². The molecule has 0 amide bonds. The van der Waals surface area contributed by atoms with Crippen molar-refractivity contribution >= 4 is 34.8 Å². The molecular weight excluding hydrogens is 495 g/mol. The maximum Gasteiger partial charge on any atom is 0.335 e. The van der Waals surface area contributed by atoms with Gasteiger partial charge in [-0.3, -0.25) is 4.39 Å². The minimum atomic E-state index is -0.897. The number of alkyl halides is 1. The fourth-order valence-corrected chi connectivity index (χ4v) is 6.38. The van der Waals surface area contributed by atoms with Crippen LogP contribution in [0.4, 0.5) is 4.39 Å². The fraction of sp³-hybridized carbons (Fsp3) is 0.324. The average Bonchev–Trinajstić information content (AvgIpc) is 3.09. The highest BCUT2D eigenvalue weighted by Crippen LogP contribution is 2.42. The van der Waals surface area contributed by atoms with Crippen LogP contribution in [0.25, 0.3) is 17.2 Å². The van der Waals surface area contributed by atoms with Gasteiger partial charge in [0.1, 0.15) is 0 Å². The number of carboxylic acids is 1. The third kappa shape index (κ3) is 5.49. The molecule has 0 aromatic heterocycles. The second-order valence-electron chi connectivity index (χ2n) is 10.5. The summed E-state index contributed by atoms with van der Waals surface area (Å²) < 4.78 is 12.5. The molecule has 1 saturated carbocycles. The van der Waals surface area contributed by atoms with Gasteiger partial charge in [-0.05, 0) is 120 Å². The summed E-state index contributed by atoms with van der Waals surface area (Å²) in [7, 11) is 0. The van der Waals surface area contributed by atoms with E-state index in [2.05, 4.69) is 43.3 Å². The van der Waals surface area contributed by atoms with Gasteiger partial charge < -0.3 is 5.11 Å². The summed E-state index contributed by atoms with van der Waals surface area (Å²) in [6.45, 7) is 1.92. The molecule has 2 nitrogen and oxygen atoms in total. The molecule has 38 heavy (non-hydrogen) atoms. The number of halogens is 2. The zero-order chi connectivity index (χ0) is 26.6. The number of allylic oxidation sites excluding steroid dienone is 2. The zero-order valence-corrected chi connectivity index (χ0v) is 22.7. The predicted octanol–water partition coefficient (Wildman–Crippen LogP) is 9.44. The van der Waals surface area contributed by atoms with Gasteiger partial charge in [0, 0.05) is 5.02 Å². The van der Waals surface area contributed by atoms with E-state index < -0.39 is 5.97 Å². The Labute approximate surface area is 229 Å². The van der Waals surface area contributed by atoms with Gasteiger partial charge in [0.15, 0.2) is 0 Å². The second kappa shape index (κ2) is 11.7. The standard InChI is InChI=1S/C34H34ClFO2/c1-2-28-30(8-4-10-32(28)35)31-9-3-7-26-21-27(34(37)38)15-16-29(26)33(31)25-13-11-22(12-14-25)18-24-19-23(20-24)6-5-17-36/h4,8,10-16,18,21,23H,2-3,5-7,9,17,19-20H2,1H3,(H,37,38). The Balaban J connectivity index is 1.58. The highest BCUT2D eigenvalue weighted by Gasteiger charge is 2.24. The lowest BCUT2D eigenvalue weighted by Crippen LogP contribution is -2.14. The third-order valence-corrected chi connectivity index (χ3v) is 8.37. The number of hydrogen-bond donors (Lipinski definition) is 1. The Kier molecular flexibility index (Phi) is 8.14. The van der Waals surface area contributed by atoms with Crippen LogP contribution in [0.2, 0.25) is 5.02 Å². The van der Waals surface area contributed by atoms with E-state index in [1.54, 1.807) is 6.07 Å². The quantitative estimate of drug-likeness (QED) is 0.316. The average molecular weight is 529 g/mol. The van der Waals surface area contributed by atoms with Gasteiger partial charge in [-0.15, -0.1) is 0 Å². The van der Waals surface area contributed by atoms with E-state index in [1.165, 1.54) is 27.8 Å². The lowest BCUT2D eigenvalue weighted by atomic mass is 9.77. The summed E-state index contributed by atoms with van der Waals surface area (Å²) in [5.41, 5.74) is 11.0. The Morgan fingerprint density at radius 1 is 1.05 bits per heavy atom. The van der Waals surface area contributed by atoms with E-state index >= 15 is 0 Å². The van der Waals surface area contributed by atoms with Crippen molar-refractivity contribution in [1.82, 2.24) is 0 Å². The first-order valence-electron chi connectivity index (χ1n) is 13.7. The molecule has 196 valence electrons. The van der Waals surface area contributed by atoms with E-state index in [0.717, 1.165) is 72.2 Å². The fourth-order valence-electron chi connectivity index (χ4n) is 6.07.